The molecule has 0 saturated carbocycles. The third-order valence-electron chi connectivity index (χ3n) is 2.58. The van der Waals surface area contributed by atoms with E-state index in [2.05, 4.69) is 21.2 Å². The van der Waals surface area contributed by atoms with Gasteiger partial charge in [-0.05, 0) is 40.2 Å². The van der Waals surface area contributed by atoms with Gasteiger partial charge >= 0.3 is 0 Å². The standard InChI is InChI=1S/C14H15BrClNO2S/c15-14-6-5-11(20-14)8-17-7-10(18)9-19-13-4-2-1-3-12(13)16/h1-6,10,17-18H,7-9H2. The van der Waals surface area contributed by atoms with Crippen LogP contribution in [0.4, 0.5) is 0 Å². The van der Waals surface area contributed by atoms with E-state index in [0.717, 1.165) is 10.3 Å². The number of thiophene rings is 1. The smallest absolute Gasteiger partial charge is 0.138 e. The summed E-state index contributed by atoms with van der Waals surface area (Å²) in [5.74, 6) is 0.593. The molecule has 2 aromatic rings. The molecule has 0 amide bonds. The van der Waals surface area contributed by atoms with Gasteiger partial charge in [-0.1, -0.05) is 23.7 Å². The van der Waals surface area contributed by atoms with Gasteiger partial charge in [0.25, 0.3) is 0 Å². The minimum absolute atomic E-state index is 0.213. The predicted molar refractivity (Wildman–Crippen MR) is 86.7 cm³/mol. The fourth-order valence-corrected chi connectivity index (χ4v) is 3.26. The molecule has 3 nitrogen and oxygen atoms in total. The van der Waals surface area contributed by atoms with Gasteiger partial charge in [0.1, 0.15) is 18.5 Å². The first kappa shape index (κ1) is 15.8. The highest BCUT2D eigenvalue weighted by Crippen LogP contribution is 2.23. The molecule has 2 N–H and O–H groups in total. The fourth-order valence-electron chi connectivity index (χ4n) is 1.62. The van der Waals surface area contributed by atoms with Crippen molar-refractivity contribution in [1.29, 1.82) is 0 Å². The van der Waals surface area contributed by atoms with Crippen LogP contribution in [0.5, 0.6) is 5.75 Å². The van der Waals surface area contributed by atoms with Crippen LogP contribution in [-0.4, -0.2) is 24.4 Å². The van der Waals surface area contributed by atoms with E-state index in [0.29, 0.717) is 17.3 Å². The lowest BCUT2D eigenvalue weighted by Crippen LogP contribution is -2.31. The summed E-state index contributed by atoms with van der Waals surface area (Å²) in [4.78, 5) is 1.22. The number of aliphatic hydroxyl groups excluding tert-OH is 1. The summed E-state index contributed by atoms with van der Waals surface area (Å²) in [5.41, 5.74) is 0. The Morgan fingerprint density at radius 1 is 1.30 bits per heavy atom. The van der Waals surface area contributed by atoms with Gasteiger partial charge in [0.15, 0.2) is 0 Å². The monoisotopic (exact) mass is 375 g/mol. The van der Waals surface area contributed by atoms with Crippen molar-refractivity contribution in [2.75, 3.05) is 13.2 Å². The lowest BCUT2D eigenvalue weighted by molar-refractivity contribution is 0.106. The van der Waals surface area contributed by atoms with Crippen molar-refractivity contribution < 1.29 is 9.84 Å². The molecule has 1 aromatic carbocycles. The van der Waals surface area contributed by atoms with E-state index in [9.17, 15) is 5.11 Å². The van der Waals surface area contributed by atoms with Crippen molar-refractivity contribution in [3.8, 4) is 5.75 Å². The average molecular weight is 377 g/mol. The third kappa shape index (κ3) is 5.07. The first-order valence-corrected chi connectivity index (χ1v) is 8.14. The van der Waals surface area contributed by atoms with E-state index in [4.69, 9.17) is 16.3 Å². The van der Waals surface area contributed by atoms with Gasteiger partial charge in [0.2, 0.25) is 0 Å². The zero-order chi connectivity index (χ0) is 14.4. The van der Waals surface area contributed by atoms with Crippen LogP contribution in [0.2, 0.25) is 5.02 Å². The Bertz CT molecular complexity index is 549. The van der Waals surface area contributed by atoms with Crippen molar-refractivity contribution in [3.63, 3.8) is 0 Å². The van der Waals surface area contributed by atoms with Gasteiger partial charge in [-0.15, -0.1) is 11.3 Å². The normalized spacial score (nSPS) is 12.3. The molecule has 20 heavy (non-hydrogen) atoms. The topological polar surface area (TPSA) is 41.5 Å². The lowest BCUT2D eigenvalue weighted by atomic mass is 10.3. The van der Waals surface area contributed by atoms with Crippen molar-refractivity contribution in [3.05, 3.63) is 50.1 Å². The molecular weight excluding hydrogens is 362 g/mol. The molecule has 2 rings (SSSR count). The van der Waals surface area contributed by atoms with Crippen molar-refractivity contribution in [2.24, 2.45) is 0 Å². The Morgan fingerprint density at radius 2 is 2.10 bits per heavy atom. The summed E-state index contributed by atoms with van der Waals surface area (Å²) in [6.45, 7) is 1.42. The maximum Gasteiger partial charge on any atom is 0.138 e. The molecule has 0 aliphatic heterocycles. The Labute approximate surface area is 135 Å². The number of rotatable bonds is 7. The van der Waals surface area contributed by atoms with Crippen LogP contribution in [0.25, 0.3) is 0 Å². The van der Waals surface area contributed by atoms with Crippen LogP contribution in [0.15, 0.2) is 40.2 Å². The molecular formula is C14H15BrClNO2S. The second kappa shape index (κ2) is 8.00. The largest absolute Gasteiger partial charge is 0.489 e. The number of hydrogen-bond acceptors (Lipinski definition) is 4. The number of benzene rings is 1. The molecule has 108 valence electrons. The quantitative estimate of drug-likeness (QED) is 0.774. The van der Waals surface area contributed by atoms with E-state index < -0.39 is 6.10 Å². The van der Waals surface area contributed by atoms with Crippen LogP contribution in [-0.2, 0) is 6.54 Å². The molecule has 0 radical (unpaired) electrons. The highest BCUT2D eigenvalue weighted by molar-refractivity contribution is 9.11. The van der Waals surface area contributed by atoms with E-state index in [1.165, 1.54) is 4.88 Å². The summed E-state index contributed by atoms with van der Waals surface area (Å²) < 4.78 is 6.59. The molecule has 0 bridgehead atoms. The summed E-state index contributed by atoms with van der Waals surface area (Å²) >= 11 is 11.1. The summed E-state index contributed by atoms with van der Waals surface area (Å²) in [6.07, 6.45) is -0.574. The minimum atomic E-state index is -0.574. The second-order valence-corrected chi connectivity index (χ2v) is 7.19. The second-order valence-electron chi connectivity index (χ2n) is 4.23. The molecule has 0 saturated heterocycles. The predicted octanol–water partition coefficient (Wildman–Crippen LogP) is 3.69. The third-order valence-corrected chi connectivity index (χ3v) is 4.51. The van der Waals surface area contributed by atoms with E-state index >= 15 is 0 Å². The Hall–Kier alpha value is -0.590. The number of hydrogen-bond donors (Lipinski definition) is 2. The van der Waals surface area contributed by atoms with E-state index in [-0.39, 0.29) is 6.61 Å². The van der Waals surface area contributed by atoms with Crippen molar-refractivity contribution in [2.45, 2.75) is 12.6 Å². The van der Waals surface area contributed by atoms with Gasteiger partial charge in [-0.25, -0.2) is 0 Å². The van der Waals surface area contributed by atoms with Gasteiger partial charge in [-0.2, -0.15) is 0 Å². The number of halogens is 2. The first-order chi connectivity index (χ1) is 9.65. The SMILES string of the molecule is OC(CNCc1ccc(Br)s1)COc1ccccc1Cl. The number of ether oxygens (including phenoxy) is 1. The summed E-state index contributed by atoms with van der Waals surface area (Å²) in [6, 6.07) is 11.3. The minimum Gasteiger partial charge on any atom is -0.489 e. The molecule has 0 aliphatic carbocycles. The van der Waals surface area contributed by atoms with Crippen LogP contribution < -0.4 is 10.1 Å². The number of nitrogens with one attached hydrogen (secondary N) is 1. The molecule has 0 spiro atoms. The first-order valence-electron chi connectivity index (χ1n) is 6.15. The van der Waals surface area contributed by atoms with Crippen LogP contribution in [0, 0.1) is 0 Å². The molecule has 1 atom stereocenters. The Kier molecular flexibility index (Phi) is 6.32. The maximum absolute atomic E-state index is 9.85. The molecule has 1 aromatic heterocycles. The van der Waals surface area contributed by atoms with Crippen LogP contribution in [0.3, 0.4) is 0 Å². The molecule has 1 unspecified atom stereocenters. The zero-order valence-electron chi connectivity index (χ0n) is 10.7. The Balaban J connectivity index is 1.68. The molecule has 0 fully saturated rings. The van der Waals surface area contributed by atoms with Crippen LogP contribution in [0.1, 0.15) is 4.88 Å². The van der Waals surface area contributed by atoms with E-state index in [1.54, 1.807) is 23.5 Å². The Morgan fingerprint density at radius 3 is 2.80 bits per heavy atom. The number of aliphatic hydroxyl groups is 1. The molecule has 0 aliphatic rings. The lowest BCUT2D eigenvalue weighted by Gasteiger charge is -2.13. The average Bonchev–Trinajstić information content (AvgIpc) is 2.83. The van der Waals surface area contributed by atoms with Gasteiger partial charge in [0.05, 0.1) is 8.81 Å². The summed E-state index contributed by atoms with van der Waals surface area (Å²) in [7, 11) is 0. The van der Waals surface area contributed by atoms with Crippen molar-refractivity contribution >= 4 is 38.9 Å². The highest BCUT2D eigenvalue weighted by Gasteiger charge is 2.07. The van der Waals surface area contributed by atoms with Gasteiger partial charge in [0, 0.05) is 18.0 Å². The summed E-state index contributed by atoms with van der Waals surface area (Å²) in [5, 5.41) is 13.6. The zero-order valence-corrected chi connectivity index (χ0v) is 13.8. The van der Waals surface area contributed by atoms with Crippen LogP contribution >= 0.6 is 38.9 Å². The molecule has 1 heterocycles. The van der Waals surface area contributed by atoms with Gasteiger partial charge < -0.3 is 15.2 Å². The van der Waals surface area contributed by atoms with E-state index in [1.807, 2.05) is 24.3 Å². The highest BCUT2D eigenvalue weighted by atomic mass is 79.9. The maximum atomic E-state index is 9.85. The van der Waals surface area contributed by atoms with Crippen molar-refractivity contribution in [1.82, 2.24) is 5.32 Å². The fraction of sp³-hybridized carbons (Fsp3) is 0.286. The van der Waals surface area contributed by atoms with Gasteiger partial charge in [-0.3, -0.25) is 0 Å². The number of para-hydroxylation sites is 1. The molecule has 6 heteroatoms.